The first-order valence-electron chi connectivity index (χ1n) is 5.86. The summed E-state index contributed by atoms with van der Waals surface area (Å²) < 4.78 is 5.42. The molecule has 1 N–H and O–H groups in total. The Morgan fingerprint density at radius 3 is 3.00 bits per heavy atom. The quantitative estimate of drug-likeness (QED) is 0.781. The van der Waals surface area contributed by atoms with E-state index in [9.17, 15) is 4.79 Å². The van der Waals surface area contributed by atoms with Crippen LogP contribution in [0.1, 0.15) is 19.8 Å². The first kappa shape index (κ1) is 13.7. The lowest BCUT2D eigenvalue weighted by atomic mass is 10.0. The Hall–Kier alpha value is -0.320. The van der Waals surface area contributed by atoms with Gasteiger partial charge in [-0.1, -0.05) is 0 Å². The SMILES string of the molecule is CC1CN(C(=O)CC2CCNC2)CCO1.Cl. The number of nitrogens with zero attached hydrogens (tertiary/aromatic N) is 1. The highest BCUT2D eigenvalue weighted by molar-refractivity contribution is 5.85. The van der Waals surface area contributed by atoms with E-state index in [0.29, 0.717) is 24.9 Å². The second kappa shape index (κ2) is 6.42. The Kier molecular flexibility index (Phi) is 5.52. The smallest absolute Gasteiger partial charge is 0.223 e. The molecule has 16 heavy (non-hydrogen) atoms. The molecule has 2 fully saturated rings. The van der Waals surface area contributed by atoms with E-state index in [1.54, 1.807) is 0 Å². The minimum absolute atomic E-state index is 0. The van der Waals surface area contributed by atoms with Gasteiger partial charge in [0.05, 0.1) is 12.7 Å². The standard InChI is InChI=1S/C11H20N2O2.ClH/c1-9-8-13(4-5-15-9)11(14)6-10-2-3-12-7-10;/h9-10,12H,2-8H2,1H3;1H. The number of hydrogen-bond donors (Lipinski definition) is 1. The van der Waals surface area contributed by atoms with E-state index in [0.717, 1.165) is 32.6 Å². The Bertz CT molecular complexity index is 232. The number of halogens is 1. The highest BCUT2D eigenvalue weighted by Gasteiger charge is 2.25. The molecule has 0 aromatic heterocycles. The molecule has 0 aromatic rings. The number of morpholine rings is 1. The summed E-state index contributed by atoms with van der Waals surface area (Å²) in [6.45, 7) is 6.32. The molecule has 2 saturated heterocycles. The number of carbonyl (C=O) groups excluding carboxylic acids is 1. The lowest BCUT2D eigenvalue weighted by Gasteiger charge is -2.31. The maximum atomic E-state index is 11.9. The topological polar surface area (TPSA) is 41.6 Å². The van der Waals surface area contributed by atoms with Crippen molar-refractivity contribution in [3.8, 4) is 0 Å². The molecule has 1 amide bonds. The van der Waals surface area contributed by atoms with Gasteiger partial charge in [0.15, 0.2) is 0 Å². The van der Waals surface area contributed by atoms with Gasteiger partial charge in [-0.2, -0.15) is 0 Å². The fourth-order valence-electron chi connectivity index (χ4n) is 2.31. The molecule has 0 spiro atoms. The maximum absolute atomic E-state index is 11.9. The highest BCUT2D eigenvalue weighted by Crippen LogP contribution is 2.15. The second-order valence-electron chi connectivity index (χ2n) is 4.58. The summed E-state index contributed by atoms with van der Waals surface area (Å²) in [6, 6.07) is 0. The molecule has 4 nitrogen and oxygen atoms in total. The third kappa shape index (κ3) is 3.61. The summed E-state index contributed by atoms with van der Waals surface area (Å²) >= 11 is 0. The van der Waals surface area contributed by atoms with Crippen LogP contribution in [0.25, 0.3) is 0 Å². The minimum atomic E-state index is 0. The van der Waals surface area contributed by atoms with Gasteiger partial charge in [0.25, 0.3) is 0 Å². The molecule has 2 atom stereocenters. The van der Waals surface area contributed by atoms with Gasteiger partial charge in [-0.05, 0) is 32.4 Å². The van der Waals surface area contributed by atoms with Crippen molar-refractivity contribution in [3.63, 3.8) is 0 Å². The van der Waals surface area contributed by atoms with Crippen molar-refractivity contribution in [1.82, 2.24) is 10.2 Å². The van der Waals surface area contributed by atoms with Crippen molar-refractivity contribution in [1.29, 1.82) is 0 Å². The van der Waals surface area contributed by atoms with Crippen LogP contribution >= 0.6 is 12.4 Å². The van der Waals surface area contributed by atoms with E-state index in [1.807, 2.05) is 11.8 Å². The van der Waals surface area contributed by atoms with E-state index < -0.39 is 0 Å². The first-order valence-corrected chi connectivity index (χ1v) is 5.86. The first-order chi connectivity index (χ1) is 7.25. The number of carbonyl (C=O) groups is 1. The Balaban J connectivity index is 0.00000128. The van der Waals surface area contributed by atoms with Gasteiger partial charge in [-0.15, -0.1) is 12.4 Å². The van der Waals surface area contributed by atoms with Gasteiger partial charge in [-0.3, -0.25) is 4.79 Å². The number of nitrogens with one attached hydrogen (secondary N) is 1. The van der Waals surface area contributed by atoms with E-state index in [1.165, 1.54) is 0 Å². The van der Waals surface area contributed by atoms with Crippen molar-refractivity contribution in [2.24, 2.45) is 5.92 Å². The molecular formula is C11H21ClN2O2. The average molecular weight is 249 g/mol. The lowest BCUT2D eigenvalue weighted by molar-refractivity contribution is -0.139. The second-order valence-corrected chi connectivity index (χ2v) is 4.58. The summed E-state index contributed by atoms with van der Waals surface area (Å²) in [6.07, 6.45) is 2.05. The van der Waals surface area contributed by atoms with E-state index in [-0.39, 0.29) is 18.5 Å². The summed E-state index contributed by atoms with van der Waals surface area (Å²) in [5.74, 6) is 0.856. The molecule has 0 bridgehead atoms. The minimum Gasteiger partial charge on any atom is -0.375 e. The van der Waals surface area contributed by atoms with Crippen LogP contribution in [0.5, 0.6) is 0 Å². The normalized spacial score (nSPS) is 29.9. The molecule has 94 valence electrons. The van der Waals surface area contributed by atoms with Gasteiger partial charge in [0.2, 0.25) is 5.91 Å². The van der Waals surface area contributed by atoms with Crippen molar-refractivity contribution >= 4 is 18.3 Å². The van der Waals surface area contributed by atoms with Crippen molar-refractivity contribution < 1.29 is 9.53 Å². The third-order valence-electron chi connectivity index (χ3n) is 3.22. The predicted molar refractivity (Wildman–Crippen MR) is 64.8 cm³/mol. The molecule has 2 aliphatic heterocycles. The van der Waals surface area contributed by atoms with Crippen LogP contribution in [0.4, 0.5) is 0 Å². The van der Waals surface area contributed by atoms with E-state index >= 15 is 0 Å². The van der Waals surface area contributed by atoms with Crippen molar-refractivity contribution in [2.45, 2.75) is 25.9 Å². The molecular weight excluding hydrogens is 228 g/mol. The zero-order valence-corrected chi connectivity index (χ0v) is 10.6. The number of ether oxygens (including phenoxy) is 1. The molecule has 2 aliphatic rings. The van der Waals surface area contributed by atoms with Crippen LogP contribution in [-0.4, -0.2) is 49.7 Å². The molecule has 0 aliphatic carbocycles. The predicted octanol–water partition coefficient (Wildman–Crippen LogP) is 0.655. The Labute approximate surface area is 103 Å². The van der Waals surface area contributed by atoms with Crippen molar-refractivity contribution in [3.05, 3.63) is 0 Å². The largest absolute Gasteiger partial charge is 0.375 e. The maximum Gasteiger partial charge on any atom is 0.223 e. The third-order valence-corrected chi connectivity index (χ3v) is 3.22. The van der Waals surface area contributed by atoms with Gasteiger partial charge in [0.1, 0.15) is 0 Å². The summed E-state index contributed by atoms with van der Waals surface area (Å²) in [5.41, 5.74) is 0. The summed E-state index contributed by atoms with van der Waals surface area (Å²) in [7, 11) is 0. The van der Waals surface area contributed by atoms with Gasteiger partial charge >= 0.3 is 0 Å². The Morgan fingerprint density at radius 1 is 1.56 bits per heavy atom. The van der Waals surface area contributed by atoms with Crippen LogP contribution in [0.15, 0.2) is 0 Å². The van der Waals surface area contributed by atoms with Gasteiger partial charge < -0.3 is 15.0 Å². The van der Waals surface area contributed by atoms with E-state index in [2.05, 4.69) is 5.32 Å². The fraction of sp³-hybridized carbons (Fsp3) is 0.909. The molecule has 2 heterocycles. The van der Waals surface area contributed by atoms with Crippen LogP contribution in [-0.2, 0) is 9.53 Å². The molecule has 0 aromatic carbocycles. The summed E-state index contributed by atoms with van der Waals surface area (Å²) in [5, 5.41) is 3.29. The van der Waals surface area contributed by atoms with E-state index in [4.69, 9.17) is 4.74 Å². The van der Waals surface area contributed by atoms with Crippen LogP contribution in [0.3, 0.4) is 0 Å². The number of amides is 1. The molecule has 2 unspecified atom stereocenters. The molecule has 0 saturated carbocycles. The van der Waals surface area contributed by atoms with Gasteiger partial charge in [0, 0.05) is 19.5 Å². The van der Waals surface area contributed by atoms with Crippen molar-refractivity contribution in [2.75, 3.05) is 32.8 Å². The molecule has 0 radical (unpaired) electrons. The highest BCUT2D eigenvalue weighted by atomic mass is 35.5. The Morgan fingerprint density at radius 2 is 2.38 bits per heavy atom. The van der Waals surface area contributed by atoms with Crippen LogP contribution < -0.4 is 5.32 Å². The van der Waals surface area contributed by atoms with Crippen LogP contribution in [0, 0.1) is 5.92 Å². The monoisotopic (exact) mass is 248 g/mol. The number of hydrogen-bond acceptors (Lipinski definition) is 3. The fourth-order valence-corrected chi connectivity index (χ4v) is 2.31. The zero-order valence-electron chi connectivity index (χ0n) is 9.78. The van der Waals surface area contributed by atoms with Crippen LogP contribution in [0.2, 0.25) is 0 Å². The molecule has 2 rings (SSSR count). The number of rotatable bonds is 2. The van der Waals surface area contributed by atoms with Gasteiger partial charge in [-0.25, -0.2) is 0 Å². The lowest BCUT2D eigenvalue weighted by Crippen LogP contribution is -2.45. The zero-order chi connectivity index (χ0) is 10.7. The molecule has 5 heteroatoms. The average Bonchev–Trinajstić information content (AvgIpc) is 2.70. The summed E-state index contributed by atoms with van der Waals surface area (Å²) in [4.78, 5) is 13.9.